The Labute approximate surface area is 172 Å². The molecule has 0 aliphatic carbocycles. The van der Waals surface area contributed by atoms with Crippen LogP contribution in [0.15, 0.2) is 0 Å². The van der Waals surface area contributed by atoms with Crippen LogP contribution in [0.2, 0.25) is 0 Å². The van der Waals surface area contributed by atoms with E-state index in [1.54, 1.807) is 0 Å². The van der Waals surface area contributed by atoms with Crippen molar-refractivity contribution in [3.63, 3.8) is 0 Å². The molecule has 0 aliphatic rings. The van der Waals surface area contributed by atoms with Gasteiger partial charge in [0.15, 0.2) is 0 Å². The summed E-state index contributed by atoms with van der Waals surface area (Å²) in [6, 6.07) is 0. The zero-order valence-electron chi connectivity index (χ0n) is 14.1. The van der Waals surface area contributed by atoms with Gasteiger partial charge in [-0.25, -0.2) is 0 Å². The molecule has 0 spiro atoms. The molecule has 0 saturated heterocycles. The summed E-state index contributed by atoms with van der Waals surface area (Å²) in [6.07, 6.45) is 0. The van der Waals surface area contributed by atoms with E-state index in [2.05, 4.69) is 0 Å². The molecule has 0 saturated carbocycles. The molecular formula is C12H18BiN2O13. The first-order valence-electron chi connectivity index (χ1n) is 6.77. The van der Waals surface area contributed by atoms with Gasteiger partial charge in [0.25, 0.3) is 0 Å². The molecule has 0 atom stereocenters. The van der Waals surface area contributed by atoms with Gasteiger partial charge < -0.3 is 30.6 Å². The van der Waals surface area contributed by atoms with Crippen molar-refractivity contribution in [2.75, 3.05) is 39.3 Å². The van der Waals surface area contributed by atoms with Gasteiger partial charge in [-0.3, -0.25) is 38.6 Å². The van der Waals surface area contributed by atoms with E-state index in [9.17, 15) is 28.8 Å². The summed E-state index contributed by atoms with van der Waals surface area (Å²) in [5.41, 5.74) is 0. The van der Waals surface area contributed by atoms with Gasteiger partial charge in [0.05, 0.1) is 39.3 Å². The standard InChI is InChI=1S/2C6H9NO6.Bi.O/c2*8-4(9)1-7(2-5(10)11)3-6(12)13;;/h2*1-3H2,(H,8,9)(H,10,11)(H,12,13);;. The Morgan fingerprint density at radius 1 is 0.429 bits per heavy atom. The summed E-state index contributed by atoms with van der Waals surface area (Å²) in [6.45, 7) is -3.59. The van der Waals surface area contributed by atoms with Gasteiger partial charge in [0.1, 0.15) is 0 Å². The molecule has 0 bridgehead atoms. The van der Waals surface area contributed by atoms with E-state index in [-0.39, 0.29) is 24.7 Å². The molecular weight excluding hydrogens is 589 g/mol. The number of rotatable bonds is 12. The summed E-state index contributed by atoms with van der Waals surface area (Å²) in [5.74, 6) is -7.57. The second-order valence-electron chi connectivity index (χ2n) is 4.65. The molecule has 0 heterocycles. The van der Waals surface area contributed by atoms with Crippen LogP contribution in [0.1, 0.15) is 0 Å². The summed E-state index contributed by atoms with van der Waals surface area (Å²) < 4.78 is 8.36. The molecule has 1 radical (unpaired) electrons. The Bertz CT molecular complexity index is 444. The van der Waals surface area contributed by atoms with Crippen molar-refractivity contribution >= 4 is 60.5 Å². The van der Waals surface area contributed by atoms with Crippen molar-refractivity contribution in [2.45, 2.75) is 0 Å². The zero-order valence-corrected chi connectivity index (χ0v) is 17.6. The van der Waals surface area contributed by atoms with Crippen molar-refractivity contribution in [3.05, 3.63) is 0 Å². The number of carboxylic acid groups (broad SMARTS) is 6. The van der Waals surface area contributed by atoms with Crippen LogP contribution < -0.4 is 0 Å². The Kier molecular flexibility index (Phi) is 19.2. The molecule has 0 aromatic heterocycles. The van der Waals surface area contributed by atoms with Crippen molar-refractivity contribution < 1.29 is 62.2 Å². The number of carbonyl (C=O) groups is 6. The minimum atomic E-state index is -1.26. The van der Waals surface area contributed by atoms with E-state index in [1.165, 1.54) is 0 Å². The molecule has 15 nitrogen and oxygen atoms in total. The molecule has 0 aromatic rings. The molecule has 0 unspecified atom stereocenters. The van der Waals surface area contributed by atoms with Gasteiger partial charge in [-0.1, -0.05) is 0 Å². The van der Waals surface area contributed by atoms with Gasteiger partial charge in [0.2, 0.25) is 0 Å². The maximum atomic E-state index is 10.1. The van der Waals surface area contributed by atoms with E-state index in [0.29, 0.717) is 0 Å². The van der Waals surface area contributed by atoms with Crippen molar-refractivity contribution in [1.82, 2.24) is 9.80 Å². The molecule has 0 rings (SSSR count). The Morgan fingerprint density at radius 2 is 0.536 bits per heavy atom. The van der Waals surface area contributed by atoms with Crippen LogP contribution >= 0.6 is 0 Å². The monoisotopic (exact) mass is 607 g/mol. The van der Waals surface area contributed by atoms with E-state index in [1.807, 2.05) is 0 Å². The molecule has 0 aromatic carbocycles. The first kappa shape index (κ1) is 30.2. The fraction of sp³-hybridized carbons (Fsp3) is 0.500. The fourth-order valence-electron chi connectivity index (χ4n) is 1.48. The summed E-state index contributed by atoms with van der Waals surface area (Å²) in [5, 5.41) is 49.7. The summed E-state index contributed by atoms with van der Waals surface area (Å²) in [7, 11) is 0. The van der Waals surface area contributed by atoms with Crippen LogP contribution in [-0.4, -0.2) is 140 Å². The second kappa shape index (κ2) is 17.8. The molecule has 0 fully saturated rings. The van der Waals surface area contributed by atoms with Gasteiger partial charge in [-0.05, 0) is 0 Å². The third kappa shape index (κ3) is 25.7. The van der Waals surface area contributed by atoms with Gasteiger partial charge >= 0.3 is 63.4 Å². The van der Waals surface area contributed by atoms with E-state index >= 15 is 0 Å². The molecule has 28 heavy (non-hydrogen) atoms. The maximum absolute atomic E-state index is 10.1. The van der Waals surface area contributed by atoms with Crippen LogP contribution in [0.4, 0.5) is 0 Å². The summed E-state index contributed by atoms with van der Waals surface area (Å²) >= 11 is 0.194. The quantitative estimate of drug-likeness (QED) is 0.118. The van der Waals surface area contributed by atoms with Crippen molar-refractivity contribution in [2.24, 2.45) is 0 Å². The average Bonchev–Trinajstić information content (AvgIpc) is 2.45. The molecule has 0 aliphatic heterocycles. The second-order valence-corrected chi connectivity index (χ2v) is 4.65. The number of carboxylic acids is 6. The van der Waals surface area contributed by atoms with Crippen LogP contribution in [0, 0.1) is 0 Å². The van der Waals surface area contributed by atoms with Crippen molar-refractivity contribution in [3.8, 4) is 0 Å². The van der Waals surface area contributed by atoms with E-state index in [4.69, 9.17) is 33.5 Å². The fourth-order valence-corrected chi connectivity index (χ4v) is 1.48. The SMILES string of the molecule is O=C(O)CN(CC(=O)O)CC(=O)O.O=C(O)CN(CC(=O)O)CC(=O)O.[O]=[Bi]. The summed E-state index contributed by atoms with van der Waals surface area (Å²) in [4.78, 5) is 62.5. The molecule has 6 N–H and O–H groups in total. The van der Waals surface area contributed by atoms with Gasteiger partial charge in [-0.2, -0.15) is 0 Å². The Hall–Kier alpha value is -2.58. The third-order valence-corrected chi connectivity index (χ3v) is 2.15. The predicted octanol–water partition coefficient (Wildman–Crippen LogP) is -3.42. The molecule has 16 heteroatoms. The van der Waals surface area contributed by atoms with E-state index < -0.39 is 75.1 Å². The Morgan fingerprint density at radius 3 is 0.607 bits per heavy atom. The normalized spacial score (nSPS) is 9.36. The topological polar surface area (TPSA) is 247 Å². The number of hydrogen-bond donors (Lipinski definition) is 6. The van der Waals surface area contributed by atoms with E-state index in [0.717, 1.165) is 9.80 Å². The number of nitrogens with zero attached hydrogens (tertiary/aromatic N) is 2. The Balaban J connectivity index is -0.000000410. The predicted molar refractivity (Wildman–Crippen MR) is 85.1 cm³/mol. The van der Waals surface area contributed by atoms with Gasteiger partial charge in [-0.15, -0.1) is 0 Å². The number of aliphatic carboxylic acids is 6. The first-order valence-corrected chi connectivity index (χ1v) is 8.19. The van der Waals surface area contributed by atoms with Crippen LogP contribution in [0.5, 0.6) is 0 Å². The molecule has 0 amide bonds. The molecule has 159 valence electrons. The van der Waals surface area contributed by atoms with Crippen LogP contribution in [0.3, 0.4) is 0 Å². The van der Waals surface area contributed by atoms with Crippen molar-refractivity contribution in [1.29, 1.82) is 0 Å². The van der Waals surface area contributed by atoms with Crippen LogP contribution in [0.25, 0.3) is 0 Å². The van der Waals surface area contributed by atoms with Crippen LogP contribution in [-0.2, 0) is 31.6 Å². The van der Waals surface area contributed by atoms with Gasteiger partial charge in [0, 0.05) is 0 Å². The minimum absolute atomic E-state index is 0.194. The average molecular weight is 607 g/mol. The third-order valence-electron chi connectivity index (χ3n) is 2.15. The number of hydrogen-bond acceptors (Lipinski definition) is 9. The zero-order chi connectivity index (χ0) is 22.9. The first-order chi connectivity index (χ1) is 12.8.